The first-order valence-corrected chi connectivity index (χ1v) is 5.58. The minimum atomic E-state index is 0.532. The lowest BCUT2D eigenvalue weighted by molar-refractivity contribution is 0.411. The number of ether oxygens (including phenoxy) is 1. The molecular weight excluding hydrogens is 186 g/mol. The second-order valence-corrected chi connectivity index (χ2v) is 4.53. The van der Waals surface area contributed by atoms with Crippen LogP contribution in [0.2, 0.25) is 0 Å². The highest BCUT2D eigenvalue weighted by Crippen LogP contribution is 2.29. The number of aryl methyl sites for hydroxylation is 1. The van der Waals surface area contributed by atoms with E-state index in [1.54, 1.807) is 7.11 Å². The summed E-state index contributed by atoms with van der Waals surface area (Å²) in [5, 5.41) is 3.55. The standard InChI is InChI=1S/C13H19NO/c1-9-6-12(14-8-9)11-4-5-13(15-3)10(2)7-11/h4-5,7,9,12,14H,6,8H2,1-3H3/t9-,12+/m1/s1. The Kier molecular flexibility index (Phi) is 2.96. The average molecular weight is 205 g/mol. The average Bonchev–Trinajstić information content (AvgIpc) is 2.65. The third kappa shape index (κ3) is 2.15. The van der Waals surface area contributed by atoms with E-state index in [0.717, 1.165) is 18.2 Å². The van der Waals surface area contributed by atoms with Crippen molar-refractivity contribution in [3.05, 3.63) is 29.3 Å². The van der Waals surface area contributed by atoms with Gasteiger partial charge in [-0.15, -0.1) is 0 Å². The molecule has 1 aromatic carbocycles. The second kappa shape index (κ2) is 4.23. The highest BCUT2D eigenvalue weighted by Gasteiger charge is 2.22. The predicted octanol–water partition coefficient (Wildman–Crippen LogP) is 2.67. The maximum Gasteiger partial charge on any atom is 0.121 e. The molecule has 1 aliphatic heterocycles. The van der Waals surface area contributed by atoms with Crippen molar-refractivity contribution in [3.8, 4) is 5.75 Å². The van der Waals surface area contributed by atoms with Crippen LogP contribution in [-0.2, 0) is 0 Å². The summed E-state index contributed by atoms with van der Waals surface area (Å²) in [6.45, 7) is 5.53. The molecule has 1 N–H and O–H groups in total. The van der Waals surface area contributed by atoms with Crippen LogP contribution < -0.4 is 10.1 Å². The van der Waals surface area contributed by atoms with E-state index in [1.165, 1.54) is 17.5 Å². The van der Waals surface area contributed by atoms with Crippen LogP contribution in [0.15, 0.2) is 18.2 Å². The first-order chi connectivity index (χ1) is 7.20. The van der Waals surface area contributed by atoms with Gasteiger partial charge in [0.15, 0.2) is 0 Å². The van der Waals surface area contributed by atoms with Crippen LogP contribution in [0.4, 0.5) is 0 Å². The Morgan fingerprint density at radius 3 is 2.73 bits per heavy atom. The number of benzene rings is 1. The Balaban J connectivity index is 2.19. The van der Waals surface area contributed by atoms with E-state index < -0.39 is 0 Å². The molecule has 0 saturated carbocycles. The Hall–Kier alpha value is -1.02. The van der Waals surface area contributed by atoms with Crippen LogP contribution in [-0.4, -0.2) is 13.7 Å². The molecule has 82 valence electrons. The minimum absolute atomic E-state index is 0.532. The molecule has 0 radical (unpaired) electrons. The van der Waals surface area contributed by atoms with E-state index in [4.69, 9.17) is 4.74 Å². The lowest BCUT2D eigenvalue weighted by Gasteiger charge is -2.13. The quantitative estimate of drug-likeness (QED) is 0.801. The molecule has 2 heteroatoms. The van der Waals surface area contributed by atoms with Crippen LogP contribution in [0, 0.1) is 12.8 Å². The number of hydrogen-bond donors (Lipinski definition) is 1. The Morgan fingerprint density at radius 2 is 2.20 bits per heavy atom. The second-order valence-electron chi connectivity index (χ2n) is 4.53. The van der Waals surface area contributed by atoms with E-state index in [-0.39, 0.29) is 0 Å². The van der Waals surface area contributed by atoms with Gasteiger partial charge < -0.3 is 10.1 Å². The summed E-state index contributed by atoms with van der Waals surface area (Å²) < 4.78 is 5.26. The van der Waals surface area contributed by atoms with Crippen molar-refractivity contribution in [2.45, 2.75) is 26.3 Å². The van der Waals surface area contributed by atoms with Gasteiger partial charge in [0.05, 0.1) is 7.11 Å². The van der Waals surface area contributed by atoms with Crippen molar-refractivity contribution >= 4 is 0 Å². The summed E-state index contributed by atoms with van der Waals surface area (Å²) in [6, 6.07) is 7.00. The van der Waals surface area contributed by atoms with Gasteiger partial charge in [-0.05, 0) is 43.0 Å². The van der Waals surface area contributed by atoms with Gasteiger partial charge in [0, 0.05) is 6.04 Å². The highest BCUT2D eigenvalue weighted by atomic mass is 16.5. The fourth-order valence-corrected chi connectivity index (χ4v) is 2.28. The first kappa shape index (κ1) is 10.5. The summed E-state index contributed by atoms with van der Waals surface area (Å²) in [5.74, 6) is 1.77. The van der Waals surface area contributed by atoms with Gasteiger partial charge in [-0.3, -0.25) is 0 Å². The van der Waals surface area contributed by atoms with Crippen molar-refractivity contribution in [1.82, 2.24) is 5.32 Å². The molecule has 15 heavy (non-hydrogen) atoms. The summed E-state index contributed by atoms with van der Waals surface area (Å²) >= 11 is 0. The number of nitrogens with one attached hydrogen (secondary N) is 1. The van der Waals surface area contributed by atoms with E-state index >= 15 is 0 Å². The molecule has 0 aliphatic carbocycles. The fourth-order valence-electron chi connectivity index (χ4n) is 2.28. The Labute approximate surface area is 91.6 Å². The maximum atomic E-state index is 5.26. The summed E-state index contributed by atoms with van der Waals surface area (Å²) in [5.41, 5.74) is 2.61. The molecule has 0 amide bonds. The Bertz CT molecular complexity index is 348. The smallest absolute Gasteiger partial charge is 0.121 e. The molecule has 2 atom stereocenters. The van der Waals surface area contributed by atoms with Gasteiger partial charge in [-0.1, -0.05) is 19.1 Å². The molecule has 1 aromatic rings. The van der Waals surface area contributed by atoms with Crippen LogP contribution in [0.25, 0.3) is 0 Å². The summed E-state index contributed by atoms with van der Waals surface area (Å²) in [4.78, 5) is 0. The lowest BCUT2D eigenvalue weighted by atomic mass is 9.99. The van der Waals surface area contributed by atoms with E-state index in [0.29, 0.717) is 6.04 Å². The van der Waals surface area contributed by atoms with Gasteiger partial charge in [0.25, 0.3) is 0 Å². The van der Waals surface area contributed by atoms with Crippen molar-refractivity contribution in [1.29, 1.82) is 0 Å². The zero-order valence-corrected chi connectivity index (χ0v) is 9.71. The van der Waals surface area contributed by atoms with Crippen LogP contribution >= 0.6 is 0 Å². The molecule has 2 rings (SSSR count). The molecule has 1 heterocycles. The summed E-state index contributed by atoms with van der Waals surface area (Å²) in [6.07, 6.45) is 1.24. The number of hydrogen-bond acceptors (Lipinski definition) is 2. The van der Waals surface area contributed by atoms with Crippen molar-refractivity contribution in [3.63, 3.8) is 0 Å². The zero-order chi connectivity index (χ0) is 10.8. The molecule has 0 unspecified atom stereocenters. The molecule has 0 spiro atoms. The van der Waals surface area contributed by atoms with Crippen molar-refractivity contribution in [2.75, 3.05) is 13.7 Å². The topological polar surface area (TPSA) is 21.3 Å². The number of rotatable bonds is 2. The van der Waals surface area contributed by atoms with Crippen molar-refractivity contribution in [2.24, 2.45) is 5.92 Å². The molecule has 0 bridgehead atoms. The monoisotopic (exact) mass is 205 g/mol. The van der Waals surface area contributed by atoms with E-state index in [1.807, 2.05) is 0 Å². The summed E-state index contributed by atoms with van der Waals surface area (Å²) in [7, 11) is 1.72. The van der Waals surface area contributed by atoms with Gasteiger partial charge in [-0.2, -0.15) is 0 Å². The van der Waals surface area contributed by atoms with Crippen LogP contribution in [0.5, 0.6) is 5.75 Å². The molecular formula is C13H19NO. The van der Waals surface area contributed by atoms with Gasteiger partial charge >= 0.3 is 0 Å². The fraction of sp³-hybridized carbons (Fsp3) is 0.538. The molecule has 1 fully saturated rings. The van der Waals surface area contributed by atoms with Gasteiger partial charge in [0.1, 0.15) is 5.75 Å². The third-order valence-electron chi connectivity index (χ3n) is 3.17. The Morgan fingerprint density at radius 1 is 1.40 bits per heavy atom. The van der Waals surface area contributed by atoms with E-state index in [9.17, 15) is 0 Å². The maximum absolute atomic E-state index is 5.26. The molecule has 2 nitrogen and oxygen atoms in total. The van der Waals surface area contributed by atoms with Gasteiger partial charge in [0.2, 0.25) is 0 Å². The van der Waals surface area contributed by atoms with Crippen LogP contribution in [0.1, 0.15) is 30.5 Å². The SMILES string of the molecule is COc1ccc([C@@H]2C[C@@H](C)CN2)cc1C. The first-order valence-electron chi connectivity index (χ1n) is 5.58. The van der Waals surface area contributed by atoms with E-state index in [2.05, 4.69) is 37.4 Å². The highest BCUT2D eigenvalue weighted by molar-refractivity contribution is 5.37. The van der Waals surface area contributed by atoms with Crippen molar-refractivity contribution < 1.29 is 4.74 Å². The van der Waals surface area contributed by atoms with Crippen LogP contribution in [0.3, 0.4) is 0 Å². The zero-order valence-electron chi connectivity index (χ0n) is 9.71. The largest absolute Gasteiger partial charge is 0.496 e. The lowest BCUT2D eigenvalue weighted by Crippen LogP contribution is -2.13. The minimum Gasteiger partial charge on any atom is -0.496 e. The predicted molar refractivity (Wildman–Crippen MR) is 62.3 cm³/mol. The van der Waals surface area contributed by atoms with Gasteiger partial charge in [-0.25, -0.2) is 0 Å². The molecule has 1 saturated heterocycles. The molecule has 1 aliphatic rings. The third-order valence-corrected chi connectivity index (χ3v) is 3.17. The number of methoxy groups -OCH3 is 1. The molecule has 0 aromatic heterocycles. The normalized spacial score (nSPS) is 25.5.